The minimum Gasteiger partial charge on any atom is -0.494 e. The molecule has 10 heteroatoms. The van der Waals surface area contributed by atoms with E-state index < -0.39 is 10.0 Å². The van der Waals surface area contributed by atoms with Crippen molar-refractivity contribution in [3.63, 3.8) is 0 Å². The van der Waals surface area contributed by atoms with Gasteiger partial charge in [0.15, 0.2) is 5.82 Å². The highest BCUT2D eigenvalue weighted by Gasteiger charge is 2.32. The van der Waals surface area contributed by atoms with Crippen LogP contribution < -0.4 is 10.1 Å². The molecule has 0 aliphatic carbocycles. The average Bonchev–Trinajstić information content (AvgIpc) is 3.27. The molecular formula is C23H27N5O4S. The van der Waals surface area contributed by atoms with Crippen molar-refractivity contribution in [2.75, 3.05) is 25.0 Å². The Labute approximate surface area is 193 Å². The molecule has 1 aromatic carbocycles. The van der Waals surface area contributed by atoms with Gasteiger partial charge >= 0.3 is 0 Å². The lowest BCUT2D eigenvalue weighted by Crippen LogP contribution is -2.41. The lowest BCUT2D eigenvalue weighted by molar-refractivity contribution is -0.120. The highest BCUT2D eigenvalue weighted by atomic mass is 32.2. The zero-order chi connectivity index (χ0) is 23.3. The molecule has 3 aromatic rings. The minimum absolute atomic E-state index is 0.139. The van der Waals surface area contributed by atoms with Crippen molar-refractivity contribution in [2.24, 2.45) is 5.92 Å². The number of amides is 1. The molecule has 1 amide bonds. The van der Waals surface area contributed by atoms with E-state index in [-0.39, 0.29) is 16.7 Å². The van der Waals surface area contributed by atoms with Gasteiger partial charge in [-0.3, -0.25) is 14.5 Å². The van der Waals surface area contributed by atoms with Crippen LogP contribution in [0.3, 0.4) is 0 Å². The van der Waals surface area contributed by atoms with Crippen LogP contribution in [0, 0.1) is 5.92 Å². The highest BCUT2D eigenvalue weighted by molar-refractivity contribution is 7.89. The predicted molar refractivity (Wildman–Crippen MR) is 123 cm³/mol. The maximum absolute atomic E-state index is 12.9. The molecule has 1 saturated heterocycles. The Bertz CT molecular complexity index is 1170. The number of piperidine rings is 1. The monoisotopic (exact) mass is 469 g/mol. The fraction of sp³-hybridized carbons (Fsp3) is 0.348. The van der Waals surface area contributed by atoms with Crippen LogP contribution in [0.4, 0.5) is 5.82 Å². The summed E-state index contributed by atoms with van der Waals surface area (Å²) in [6.45, 7) is 3.54. The molecule has 1 N–H and O–H groups in total. The molecular weight excluding hydrogens is 442 g/mol. The van der Waals surface area contributed by atoms with Crippen LogP contribution in [0.1, 0.15) is 25.3 Å². The molecule has 1 aliphatic heterocycles. The van der Waals surface area contributed by atoms with Crippen molar-refractivity contribution >= 4 is 21.7 Å². The van der Waals surface area contributed by atoms with Gasteiger partial charge in [-0.15, -0.1) is 0 Å². The van der Waals surface area contributed by atoms with E-state index in [1.54, 1.807) is 53.6 Å². The Morgan fingerprint density at radius 1 is 1.15 bits per heavy atom. The summed E-state index contributed by atoms with van der Waals surface area (Å²) in [5.41, 5.74) is 1.01. The summed E-state index contributed by atoms with van der Waals surface area (Å²) in [6.07, 6.45) is 6.20. The summed E-state index contributed by atoms with van der Waals surface area (Å²) in [5.74, 6) is 0.711. The Morgan fingerprint density at radius 3 is 2.58 bits per heavy atom. The molecule has 0 spiro atoms. The summed E-state index contributed by atoms with van der Waals surface area (Å²) < 4.78 is 34.4. The Morgan fingerprint density at radius 2 is 1.91 bits per heavy atom. The van der Waals surface area contributed by atoms with Gasteiger partial charge in [-0.1, -0.05) is 6.07 Å². The number of nitrogens with zero attached hydrogens (tertiary/aromatic N) is 4. The molecule has 1 fully saturated rings. The van der Waals surface area contributed by atoms with Gasteiger partial charge in [-0.05, 0) is 55.7 Å². The number of benzene rings is 1. The Kier molecular flexibility index (Phi) is 7.05. The van der Waals surface area contributed by atoms with Crippen molar-refractivity contribution in [2.45, 2.75) is 31.2 Å². The average molecular weight is 470 g/mol. The van der Waals surface area contributed by atoms with Gasteiger partial charge < -0.3 is 10.1 Å². The van der Waals surface area contributed by atoms with Crippen LogP contribution in [0.25, 0.3) is 0 Å². The van der Waals surface area contributed by atoms with Crippen LogP contribution in [-0.2, 0) is 21.4 Å². The molecule has 33 heavy (non-hydrogen) atoms. The molecule has 2 aromatic heterocycles. The summed E-state index contributed by atoms with van der Waals surface area (Å²) in [5, 5.41) is 7.25. The molecule has 9 nitrogen and oxygen atoms in total. The number of pyridine rings is 1. The molecule has 3 heterocycles. The van der Waals surface area contributed by atoms with Gasteiger partial charge in [-0.2, -0.15) is 9.40 Å². The number of aromatic nitrogens is 3. The van der Waals surface area contributed by atoms with Crippen molar-refractivity contribution < 1.29 is 17.9 Å². The van der Waals surface area contributed by atoms with E-state index in [4.69, 9.17) is 4.74 Å². The second-order valence-corrected chi connectivity index (χ2v) is 9.77. The van der Waals surface area contributed by atoms with Crippen molar-refractivity contribution in [3.8, 4) is 5.75 Å². The third-order valence-corrected chi connectivity index (χ3v) is 7.47. The van der Waals surface area contributed by atoms with Gasteiger partial charge in [0.2, 0.25) is 15.9 Å². The fourth-order valence-electron chi connectivity index (χ4n) is 3.81. The second-order valence-electron chi connectivity index (χ2n) is 7.83. The van der Waals surface area contributed by atoms with Gasteiger partial charge in [0.1, 0.15) is 5.75 Å². The fourth-order valence-corrected chi connectivity index (χ4v) is 5.28. The second kappa shape index (κ2) is 10.1. The van der Waals surface area contributed by atoms with Gasteiger partial charge in [0.05, 0.1) is 18.0 Å². The summed E-state index contributed by atoms with van der Waals surface area (Å²) in [4.78, 5) is 17.0. The van der Waals surface area contributed by atoms with Gasteiger partial charge in [-0.25, -0.2) is 8.42 Å². The quantitative estimate of drug-likeness (QED) is 0.544. The Balaban J connectivity index is 1.31. The topological polar surface area (TPSA) is 106 Å². The molecule has 0 saturated carbocycles. The van der Waals surface area contributed by atoms with E-state index in [9.17, 15) is 13.2 Å². The number of hydrogen-bond acceptors (Lipinski definition) is 6. The van der Waals surface area contributed by atoms with Gasteiger partial charge in [0, 0.05) is 43.7 Å². The van der Waals surface area contributed by atoms with E-state index in [1.807, 2.05) is 19.1 Å². The van der Waals surface area contributed by atoms with E-state index in [2.05, 4.69) is 15.4 Å². The smallest absolute Gasteiger partial charge is 0.243 e. The molecule has 0 atom stereocenters. The first-order chi connectivity index (χ1) is 16.0. The number of ether oxygens (including phenoxy) is 1. The summed E-state index contributed by atoms with van der Waals surface area (Å²) >= 11 is 0. The number of sulfonamides is 1. The number of nitrogens with one attached hydrogen (secondary N) is 1. The molecule has 174 valence electrons. The maximum Gasteiger partial charge on any atom is 0.243 e. The SMILES string of the molecule is CCOc1ccc(S(=O)(=O)N2CCC(C(=O)Nc3ccn(Cc4cccnc4)n3)CC2)cc1. The predicted octanol–water partition coefficient (Wildman–Crippen LogP) is 2.76. The van der Waals surface area contributed by atoms with E-state index in [1.165, 1.54) is 4.31 Å². The van der Waals surface area contributed by atoms with E-state index in [0.29, 0.717) is 50.7 Å². The third-order valence-electron chi connectivity index (χ3n) is 5.56. The van der Waals surface area contributed by atoms with Crippen LogP contribution in [0.15, 0.2) is 66.0 Å². The number of carbonyl (C=O) groups excluding carboxylic acids is 1. The van der Waals surface area contributed by atoms with E-state index >= 15 is 0 Å². The van der Waals surface area contributed by atoms with Crippen LogP contribution in [0.2, 0.25) is 0 Å². The highest BCUT2D eigenvalue weighted by Crippen LogP contribution is 2.26. The number of rotatable bonds is 8. The maximum atomic E-state index is 12.9. The zero-order valence-electron chi connectivity index (χ0n) is 18.4. The van der Waals surface area contributed by atoms with Gasteiger partial charge in [0.25, 0.3) is 0 Å². The van der Waals surface area contributed by atoms with Crippen LogP contribution >= 0.6 is 0 Å². The van der Waals surface area contributed by atoms with Crippen LogP contribution in [-0.4, -0.2) is 53.1 Å². The first-order valence-electron chi connectivity index (χ1n) is 10.9. The standard InChI is InChI=1S/C23H27N5O4S/c1-2-32-20-5-7-21(8-6-20)33(30,31)28-14-9-19(10-15-28)23(29)25-22-11-13-27(26-22)17-18-4-3-12-24-16-18/h3-8,11-13,16,19H,2,9-10,14-15,17H2,1H3,(H,25,26,29). The van der Waals surface area contributed by atoms with Crippen LogP contribution in [0.5, 0.6) is 5.75 Å². The Hall–Kier alpha value is -3.24. The number of carbonyl (C=O) groups is 1. The van der Waals surface area contributed by atoms with Crippen molar-refractivity contribution in [1.29, 1.82) is 0 Å². The minimum atomic E-state index is -3.60. The zero-order valence-corrected chi connectivity index (χ0v) is 19.2. The summed E-state index contributed by atoms with van der Waals surface area (Å²) in [7, 11) is -3.60. The molecule has 1 aliphatic rings. The largest absolute Gasteiger partial charge is 0.494 e. The molecule has 0 unspecified atom stereocenters. The molecule has 4 rings (SSSR count). The first kappa shape index (κ1) is 22.9. The normalized spacial score (nSPS) is 15.3. The molecule has 0 radical (unpaired) electrons. The lowest BCUT2D eigenvalue weighted by Gasteiger charge is -2.30. The lowest BCUT2D eigenvalue weighted by atomic mass is 9.97. The number of anilines is 1. The third kappa shape index (κ3) is 5.58. The van der Waals surface area contributed by atoms with E-state index in [0.717, 1.165) is 5.56 Å². The summed E-state index contributed by atoms with van der Waals surface area (Å²) in [6, 6.07) is 12.0. The van der Waals surface area contributed by atoms with Crippen molar-refractivity contribution in [1.82, 2.24) is 19.1 Å². The number of hydrogen-bond donors (Lipinski definition) is 1. The van der Waals surface area contributed by atoms with Crippen molar-refractivity contribution in [3.05, 3.63) is 66.6 Å². The molecule has 0 bridgehead atoms. The first-order valence-corrected chi connectivity index (χ1v) is 12.4.